The van der Waals surface area contributed by atoms with Crippen molar-refractivity contribution in [3.8, 4) is 0 Å². The highest BCUT2D eigenvalue weighted by Gasteiger charge is 2.46. The molecule has 3 heterocycles. The molecule has 2 aliphatic rings. The van der Waals surface area contributed by atoms with E-state index in [1.807, 2.05) is 0 Å². The number of nitrogens with zero attached hydrogens (tertiary/aromatic N) is 3. The average molecular weight is 335 g/mol. The van der Waals surface area contributed by atoms with Crippen LogP contribution in [0.3, 0.4) is 0 Å². The lowest BCUT2D eigenvalue weighted by molar-refractivity contribution is -0.380. The summed E-state index contributed by atoms with van der Waals surface area (Å²) in [6.07, 6.45) is 0. The zero-order valence-electron chi connectivity index (χ0n) is 12.3. The monoisotopic (exact) mass is 335 g/mol. The lowest BCUT2D eigenvalue weighted by Crippen LogP contribution is -2.38. The van der Waals surface area contributed by atoms with Crippen molar-refractivity contribution in [2.75, 3.05) is 0 Å². The highest BCUT2D eigenvalue weighted by molar-refractivity contribution is 7.15. The fraction of sp³-hybridized carbons (Fsp3) is 0.385. The zero-order chi connectivity index (χ0) is 16.7. The van der Waals surface area contributed by atoms with Gasteiger partial charge in [0.25, 0.3) is 0 Å². The molecule has 120 valence electrons. The standard InChI is InChI=1S/C13H13N5O4S/c1-5-9(12(19)16-14-5)11(10-6(2)15-17-13(10)20)7-3-4-8(23-7)18(21)22/h3-4,9-11H,1-2H3,(H,16,19)(H,17,20). The van der Waals surface area contributed by atoms with E-state index in [1.54, 1.807) is 19.9 Å². The third-order valence-electron chi connectivity index (χ3n) is 3.99. The van der Waals surface area contributed by atoms with Gasteiger partial charge >= 0.3 is 5.00 Å². The number of carbonyl (C=O) groups is 2. The van der Waals surface area contributed by atoms with Crippen LogP contribution in [0.25, 0.3) is 0 Å². The van der Waals surface area contributed by atoms with Crippen molar-refractivity contribution in [1.82, 2.24) is 10.9 Å². The van der Waals surface area contributed by atoms with Gasteiger partial charge in [0.15, 0.2) is 0 Å². The summed E-state index contributed by atoms with van der Waals surface area (Å²) >= 11 is 0.962. The van der Waals surface area contributed by atoms with Gasteiger partial charge in [-0.15, -0.1) is 0 Å². The third kappa shape index (κ3) is 2.50. The molecule has 0 aliphatic carbocycles. The van der Waals surface area contributed by atoms with Crippen LogP contribution in [0, 0.1) is 22.0 Å². The van der Waals surface area contributed by atoms with E-state index in [2.05, 4.69) is 21.1 Å². The van der Waals surface area contributed by atoms with Crippen LogP contribution >= 0.6 is 11.3 Å². The Balaban J connectivity index is 2.08. The van der Waals surface area contributed by atoms with E-state index in [1.165, 1.54) is 6.07 Å². The Bertz CT molecular complexity index is 730. The van der Waals surface area contributed by atoms with Crippen molar-refractivity contribution in [2.24, 2.45) is 22.0 Å². The Morgan fingerprint density at radius 1 is 1.13 bits per heavy atom. The molecule has 0 aromatic carbocycles. The molecule has 2 atom stereocenters. The summed E-state index contributed by atoms with van der Waals surface area (Å²) in [6.45, 7) is 3.38. The van der Waals surface area contributed by atoms with Crippen LogP contribution in [0.4, 0.5) is 5.00 Å². The van der Waals surface area contributed by atoms with Crippen LogP contribution in [-0.4, -0.2) is 28.2 Å². The fourth-order valence-electron chi connectivity index (χ4n) is 2.93. The van der Waals surface area contributed by atoms with Gasteiger partial charge in [-0.1, -0.05) is 11.3 Å². The van der Waals surface area contributed by atoms with E-state index in [0.717, 1.165) is 11.3 Å². The van der Waals surface area contributed by atoms with Gasteiger partial charge in [-0.2, -0.15) is 10.2 Å². The van der Waals surface area contributed by atoms with Gasteiger partial charge < -0.3 is 0 Å². The van der Waals surface area contributed by atoms with Crippen LogP contribution in [0.1, 0.15) is 24.6 Å². The molecule has 1 aromatic heterocycles. The van der Waals surface area contributed by atoms with Crippen LogP contribution in [0.2, 0.25) is 0 Å². The van der Waals surface area contributed by atoms with Gasteiger partial charge in [-0.3, -0.25) is 19.7 Å². The minimum absolute atomic E-state index is 0.0361. The summed E-state index contributed by atoms with van der Waals surface area (Å²) in [5, 5.41) is 18.8. The zero-order valence-corrected chi connectivity index (χ0v) is 13.1. The van der Waals surface area contributed by atoms with E-state index in [4.69, 9.17) is 0 Å². The number of nitrogens with one attached hydrogen (secondary N) is 2. The van der Waals surface area contributed by atoms with E-state index >= 15 is 0 Å². The number of nitro groups is 1. The minimum Gasteiger partial charge on any atom is -0.272 e. The summed E-state index contributed by atoms with van der Waals surface area (Å²) in [4.78, 5) is 35.4. The number of thiophene rings is 1. The first kappa shape index (κ1) is 15.3. The Hall–Kier alpha value is -2.62. The maximum Gasteiger partial charge on any atom is 0.324 e. The number of rotatable bonds is 4. The lowest BCUT2D eigenvalue weighted by atomic mass is 9.76. The Kier molecular flexibility index (Phi) is 3.68. The summed E-state index contributed by atoms with van der Waals surface area (Å²) in [5.74, 6) is -2.54. The van der Waals surface area contributed by atoms with Gasteiger partial charge in [0.2, 0.25) is 11.8 Å². The molecule has 0 saturated carbocycles. The van der Waals surface area contributed by atoms with Crippen LogP contribution in [0.5, 0.6) is 0 Å². The second-order valence-electron chi connectivity index (χ2n) is 5.37. The topological polar surface area (TPSA) is 126 Å². The van der Waals surface area contributed by atoms with Gasteiger partial charge in [0.05, 0.1) is 16.8 Å². The molecule has 9 nitrogen and oxygen atoms in total. The Morgan fingerprint density at radius 3 is 2.00 bits per heavy atom. The SMILES string of the molecule is CC1=NNC(=O)C1C(c1ccc([N+](=O)[O-])s1)C1C(=O)NN=C1C. The third-order valence-corrected chi connectivity index (χ3v) is 5.13. The molecule has 0 saturated heterocycles. The van der Waals surface area contributed by atoms with Crippen LogP contribution in [0.15, 0.2) is 22.3 Å². The smallest absolute Gasteiger partial charge is 0.272 e. The second kappa shape index (κ2) is 5.54. The molecule has 3 rings (SSSR count). The molecular formula is C13H13N5O4S. The predicted octanol–water partition coefficient (Wildman–Crippen LogP) is 0.984. The van der Waals surface area contributed by atoms with Crippen molar-refractivity contribution in [3.05, 3.63) is 27.1 Å². The molecule has 0 fully saturated rings. The van der Waals surface area contributed by atoms with Crippen molar-refractivity contribution < 1.29 is 14.5 Å². The molecule has 2 amide bonds. The van der Waals surface area contributed by atoms with Gasteiger partial charge in [-0.05, 0) is 19.9 Å². The van der Waals surface area contributed by atoms with Crippen molar-refractivity contribution in [2.45, 2.75) is 19.8 Å². The maximum absolute atomic E-state index is 12.2. The number of amides is 2. The largest absolute Gasteiger partial charge is 0.324 e. The lowest BCUT2D eigenvalue weighted by Gasteiger charge is -2.25. The normalized spacial score (nSPS) is 24.8. The van der Waals surface area contributed by atoms with Gasteiger partial charge in [0, 0.05) is 28.3 Å². The molecule has 23 heavy (non-hydrogen) atoms. The van der Waals surface area contributed by atoms with Gasteiger partial charge in [-0.25, -0.2) is 10.9 Å². The first-order valence-electron chi connectivity index (χ1n) is 6.82. The highest BCUT2D eigenvalue weighted by atomic mass is 32.1. The molecule has 2 aliphatic heterocycles. The molecule has 0 bridgehead atoms. The van der Waals surface area contributed by atoms with Crippen LogP contribution in [-0.2, 0) is 9.59 Å². The van der Waals surface area contributed by atoms with Crippen LogP contribution < -0.4 is 10.9 Å². The second-order valence-corrected chi connectivity index (χ2v) is 6.47. The van der Waals surface area contributed by atoms with Crippen molar-refractivity contribution in [3.63, 3.8) is 0 Å². The molecule has 0 radical (unpaired) electrons. The maximum atomic E-state index is 12.2. The Morgan fingerprint density at radius 2 is 1.65 bits per heavy atom. The molecule has 10 heteroatoms. The van der Waals surface area contributed by atoms with E-state index < -0.39 is 22.7 Å². The van der Waals surface area contributed by atoms with Crippen molar-refractivity contribution in [1.29, 1.82) is 0 Å². The highest BCUT2D eigenvalue weighted by Crippen LogP contribution is 2.42. The number of hydrazone groups is 2. The predicted molar refractivity (Wildman–Crippen MR) is 83.2 cm³/mol. The summed E-state index contributed by atoms with van der Waals surface area (Å²) in [7, 11) is 0. The minimum atomic E-state index is -0.660. The number of hydrogen-bond acceptors (Lipinski definition) is 7. The summed E-state index contributed by atoms with van der Waals surface area (Å²) in [5.41, 5.74) is 5.89. The Labute approximate surface area is 134 Å². The average Bonchev–Trinajstić information content (AvgIpc) is 3.18. The molecule has 0 spiro atoms. The van der Waals surface area contributed by atoms with Crippen molar-refractivity contribution >= 4 is 39.6 Å². The van der Waals surface area contributed by atoms with Gasteiger partial charge in [0.1, 0.15) is 0 Å². The first-order chi connectivity index (χ1) is 10.9. The van der Waals surface area contributed by atoms with E-state index in [-0.39, 0.29) is 16.8 Å². The summed E-state index contributed by atoms with van der Waals surface area (Å²) < 4.78 is 0. The first-order valence-corrected chi connectivity index (χ1v) is 7.64. The summed E-state index contributed by atoms with van der Waals surface area (Å²) in [6, 6.07) is 2.97. The molecule has 2 N–H and O–H groups in total. The van der Waals surface area contributed by atoms with E-state index in [9.17, 15) is 19.7 Å². The molecule has 1 aromatic rings. The molecule has 2 unspecified atom stereocenters. The quantitative estimate of drug-likeness (QED) is 0.628. The fourth-order valence-corrected chi connectivity index (χ4v) is 3.93. The number of hydrogen-bond donors (Lipinski definition) is 2. The number of carbonyl (C=O) groups excluding carboxylic acids is 2. The molecular weight excluding hydrogens is 322 g/mol. The van der Waals surface area contributed by atoms with E-state index in [0.29, 0.717) is 16.3 Å².